The second-order valence-corrected chi connectivity index (χ2v) is 5.81. The molecule has 0 aliphatic heterocycles. The minimum absolute atomic E-state index is 0.772. The summed E-state index contributed by atoms with van der Waals surface area (Å²) >= 11 is 0. The molecule has 3 rings (SSSR count). The van der Waals surface area contributed by atoms with Gasteiger partial charge in [0, 0.05) is 12.1 Å². The van der Waals surface area contributed by atoms with Crippen molar-refractivity contribution in [2.75, 3.05) is 13.7 Å². The molecule has 24 heavy (non-hydrogen) atoms. The summed E-state index contributed by atoms with van der Waals surface area (Å²) in [6.45, 7) is 3.67. The Labute approximate surface area is 142 Å². The standard InChI is InChI=1S/C19H23N3O2/c1-14-5-10-18(24-14)19-16(13-21-22-19)12-20-11-3-4-15-6-8-17(23-2)9-7-15/h5-10,13,20H,3-4,11-12H2,1-2H3,(H,21,22). The number of aryl methyl sites for hydroxylation is 2. The third-order valence-corrected chi connectivity index (χ3v) is 4.00. The average molecular weight is 325 g/mol. The van der Waals surface area contributed by atoms with Gasteiger partial charge in [0.25, 0.3) is 0 Å². The summed E-state index contributed by atoms with van der Waals surface area (Å²) in [7, 11) is 1.69. The lowest BCUT2D eigenvalue weighted by molar-refractivity contribution is 0.414. The molecule has 2 N–H and O–H groups in total. The highest BCUT2D eigenvalue weighted by Crippen LogP contribution is 2.23. The van der Waals surface area contributed by atoms with E-state index < -0.39 is 0 Å². The first-order valence-electron chi connectivity index (χ1n) is 8.19. The summed E-state index contributed by atoms with van der Waals surface area (Å²) in [6.07, 6.45) is 3.98. The van der Waals surface area contributed by atoms with E-state index in [1.54, 1.807) is 7.11 Å². The van der Waals surface area contributed by atoms with E-state index in [-0.39, 0.29) is 0 Å². The Hall–Kier alpha value is -2.53. The molecule has 0 spiro atoms. The second kappa shape index (κ2) is 7.84. The normalized spacial score (nSPS) is 10.9. The fourth-order valence-corrected chi connectivity index (χ4v) is 2.66. The van der Waals surface area contributed by atoms with Crippen LogP contribution in [0.2, 0.25) is 0 Å². The van der Waals surface area contributed by atoms with Crippen LogP contribution >= 0.6 is 0 Å². The van der Waals surface area contributed by atoms with E-state index in [9.17, 15) is 0 Å². The second-order valence-electron chi connectivity index (χ2n) is 5.81. The first-order valence-corrected chi connectivity index (χ1v) is 8.19. The summed E-state index contributed by atoms with van der Waals surface area (Å²) in [5.74, 6) is 2.63. The van der Waals surface area contributed by atoms with Gasteiger partial charge in [0.05, 0.1) is 13.3 Å². The topological polar surface area (TPSA) is 63.1 Å². The third kappa shape index (κ3) is 4.06. The van der Waals surface area contributed by atoms with E-state index in [1.165, 1.54) is 5.56 Å². The number of furan rings is 1. The number of ether oxygens (including phenoxy) is 1. The Kier molecular flexibility index (Phi) is 5.33. The van der Waals surface area contributed by atoms with Gasteiger partial charge in [-0.1, -0.05) is 12.1 Å². The zero-order chi connectivity index (χ0) is 16.8. The van der Waals surface area contributed by atoms with E-state index in [0.29, 0.717) is 0 Å². The molecule has 126 valence electrons. The van der Waals surface area contributed by atoms with Crippen molar-refractivity contribution in [2.45, 2.75) is 26.3 Å². The molecule has 2 aromatic heterocycles. The molecule has 0 bridgehead atoms. The van der Waals surface area contributed by atoms with Gasteiger partial charge in [-0.05, 0) is 56.1 Å². The number of rotatable bonds is 8. The largest absolute Gasteiger partial charge is 0.497 e. The van der Waals surface area contributed by atoms with E-state index in [1.807, 2.05) is 37.4 Å². The fourth-order valence-electron chi connectivity index (χ4n) is 2.66. The lowest BCUT2D eigenvalue weighted by Gasteiger charge is -2.06. The van der Waals surface area contributed by atoms with Crippen molar-refractivity contribution in [2.24, 2.45) is 0 Å². The molecular weight excluding hydrogens is 302 g/mol. The van der Waals surface area contributed by atoms with Gasteiger partial charge in [-0.15, -0.1) is 0 Å². The van der Waals surface area contributed by atoms with Gasteiger partial charge in [-0.25, -0.2) is 0 Å². The Bertz CT molecular complexity index is 759. The average Bonchev–Trinajstić information content (AvgIpc) is 3.23. The minimum Gasteiger partial charge on any atom is -0.497 e. The molecule has 2 heterocycles. The predicted octanol–water partition coefficient (Wildman–Crippen LogP) is 3.71. The van der Waals surface area contributed by atoms with Crippen LogP contribution in [0.5, 0.6) is 5.75 Å². The molecule has 3 aromatic rings. The quantitative estimate of drug-likeness (QED) is 0.620. The van der Waals surface area contributed by atoms with E-state index in [4.69, 9.17) is 9.15 Å². The van der Waals surface area contributed by atoms with Crippen LogP contribution in [-0.4, -0.2) is 23.9 Å². The highest BCUT2D eigenvalue weighted by atomic mass is 16.5. The first kappa shape index (κ1) is 16.3. The van der Waals surface area contributed by atoms with Gasteiger partial charge in [-0.2, -0.15) is 5.10 Å². The zero-order valence-electron chi connectivity index (χ0n) is 14.1. The highest BCUT2D eigenvalue weighted by molar-refractivity contribution is 5.56. The molecular formula is C19H23N3O2. The molecule has 0 amide bonds. The van der Waals surface area contributed by atoms with Crippen molar-refractivity contribution >= 4 is 0 Å². The molecule has 5 heteroatoms. The van der Waals surface area contributed by atoms with Crippen molar-refractivity contribution < 1.29 is 9.15 Å². The fraction of sp³-hybridized carbons (Fsp3) is 0.316. The molecule has 0 unspecified atom stereocenters. The van der Waals surface area contributed by atoms with Crippen LogP contribution in [0, 0.1) is 6.92 Å². The van der Waals surface area contributed by atoms with Crippen LogP contribution in [-0.2, 0) is 13.0 Å². The lowest BCUT2D eigenvalue weighted by atomic mass is 10.1. The summed E-state index contributed by atoms with van der Waals surface area (Å²) in [5.41, 5.74) is 3.40. The number of aromatic nitrogens is 2. The van der Waals surface area contributed by atoms with Crippen molar-refractivity contribution in [3.8, 4) is 17.2 Å². The van der Waals surface area contributed by atoms with Gasteiger partial charge in [0.1, 0.15) is 17.2 Å². The monoisotopic (exact) mass is 325 g/mol. The molecule has 5 nitrogen and oxygen atoms in total. The maximum Gasteiger partial charge on any atom is 0.152 e. The van der Waals surface area contributed by atoms with Gasteiger partial charge < -0.3 is 14.5 Å². The first-order chi connectivity index (χ1) is 11.8. The van der Waals surface area contributed by atoms with Gasteiger partial charge in [-0.3, -0.25) is 5.10 Å². The number of nitrogens with zero attached hydrogens (tertiary/aromatic N) is 1. The van der Waals surface area contributed by atoms with Crippen LogP contribution in [0.15, 0.2) is 47.0 Å². The Morgan fingerprint density at radius 3 is 2.71 bits per heavy atom. The van der Waals surface area contributed by atoms with Crippen LogP contribution in [0.3, 0.4) is 0 Å². The number of H-pyrrole nitrogens is 1. The zero-order valence-corrected chi connectivity index (χ0v) is 14.1. The molecule has 0 aliphatic carbocycles. The smallest absolute Gasteiger partial charge is 0.152 e. The van der Waals surface area contributed by atoms with Crippen LogP contribution in [0.4, 0.5) is 0 Å². The van der Waals surface area contributed by atoms with Gasteiger partial charge >= 0.3 is 0 Å². The molecule has 0 radical (unpaired) electrons. The summed E-state index contributed by atoms with van der Waals surface area (Å²) in [6, 6.07) is 12.2. The molecule has 0 aliphatic rings. The Balaban J connectivity index is 1.44. The van der Waals surface area contributed by atoms with E-state index in [0.717, 1.165) is 54.5 Å². The predicted molar refractivity (Wildman–Crippen MR) is 94.0 cm³/mol. The number of hydrogen-bond donors (Lipinski definition) is 2. The molecule has 0 saturated heterocycles. The molecule has 0 fully saturated rings. The van der Waals surface area contributed by atoms with Gasteiger partial charge in [0.15, 0.2) is 5.76 Å². The minimum atomic E-state index is 0.772. The number of methoxy groups -OCH3 is 1. The lowest BCUT2D eigenvalue weighted by Crippen LogP contribution is -2.15. The maximum absolute atomic E-state index is 5.66. The highest BCUT2D eigenvalue weighted by Gasteiger charge is 2.10. The molecule has 1 aromatic carbocycles. The van der Waals surface area contributed by atoms with Crippen molar-refractivity contribution in [1.29, 1.82) is 0 Å². The van der Waals surface area contributed by atoms with E-state index >= 15 is 0 Å². The Morgan fingerprint density at radius 2 is 2.00 bits per heavy atom. The van der Waals surface area contributed by atoms with Crippen molar-refractivity contribution in [3.05, 3.63) is 59.5 Å². The van der Waals surface area contributed by atoms with Crippen LogP contribution in [0.25, 0.3) is 11.5 Å². The number of hydrogen-bond acceptors (Lipinski definition) is 4. The van der Waals surface area contributed by atoms with Crippen molar-refractivity contribution in [3.63, 3.8) is 0 Å². The maximum atomic E-state index is 5.66. The van der Waals surface area contributed by atoms with Crippen molar-refractivity contribution in [1.82, 2.24) is 15.5 Å². The molecule has 0 saturated carbocycles. The third-order valence-electron chi connectivity index (χ3n) is 4.00. The number of aromatic amines is 1. The number of nitrogens with one attached hydrogen (secondary N) is 2. The summed E-state index contributed by atoms with van der Waals surface area (Å²) in [4.78, 5) is 0. The Morgan fingerprint density at radius 1 is 1.17 bits per heavy atom. The summed E-state index contributed by atoms with van der Waals surface area (Å²) < 4.78 is 10.8. The van der Waals surface area contributed by atoms with Crippen LogP contribution in [0.1, 0.15) is 23.3 Å². The van der Waals surface area contributed by atoms with Gasteiger partial charge in [0.2, 0.25) is 0 Å². The van der Waals surface area contributed by atoms with E-state index in [2.05, 4.69) is 27.6 Å². The SMILES string of the molecule is COc1ccc(CCCNCc2cn[nH]c2-c2ccc(C)o2)cc1. The molecule has 0 atom stereocenters. The number of benzene rings is 1. The summed E-state index contributed by atoms with van der Waals surface area (Å²) in [5, 5.41) is 10.6. The van der Waals surface area contributed by atoms with Crippen LogP contribution < -0.4 is 10.1 Å².